The van der Waals surface area contributed by atoms with Crippen LogP contribution in [0.3, 0.4) is 0 Å². The first kappa shape index (κ1) is 17.6. The van der Waals surface area contributed by atoms with Crippen molar-refractivity contribution in [3.63, 3.8) is 0 Å². The Bertz CT molecular complexity index is 672. The molecule has 130 valence electrons. The maximum absolute atomic E-state index is 12.0. The summed E-state index contributed by atoms with van der Waals surface area (Å²) in [6, 6.07) is 2.42. The van der Waals surface area contributed by atoms with Crippen molar-refractivity contribution in [3.8, 4) is 5.88 Å². The third-order valence-corrected chi connectivity index (χ3v) is 2.73. The number of hydrogen-bond acceptors (Lipinski definition) is 7. The lowest BCUT2D eigenvalue weighted by Gasteiger charge is -2.08. The van der Waals surface area contributed by atoms with E-state index in [0.29, 0.717) is 12.4 Å². The van der Waals surface area contributed by atoms with E-state index in [4.69, 9.17) is 4.74 Å². The molecule has 24 heavy (non-hydrogen) atoms. The van der Waals surface area contributed by atoms with Crippen LogP contribution >= 0.6 is 0 Å². The zero-order valence-electron chi connectivity index (χ0n) is 12.7. The highest BCUT2D eigenvalue weighted by atomic mass is 19.4. The summed E-state index contributed by atoms with van der Waals surface area (Å²) in [6.45, 7) is 0.959. The molecule has 0 N–H and O–H groups in total. The molecule has 0 saturated heterocycles. The first-order valence-corrected chi connectivity index (χ1v) is 6.97. The van der Waals surface area contributed by atoms with Gasteiger partial charge in [0.05, 0.1) is 5.56 Å². The number of tetrazole rings is 1. The van der Waals surface area contributed by atoms with E-state index >= 15 is 0 Å². The number of hydrogen-bond donors (Lipinski definition) is 0. The molecule has 0 amide bonds. The molecular formula is C13H14F3N5O3. The molecule has 0 aliphatic carbocycles. The summed E-state index contributed by atoms with van der Waals surface area (Å²) in [5.41, 5.74) is 0.0730. The quantitative estimate of drug-likeness (QED) is 0.706. The molecule has 0 aromatic carbocycles. The number of esters is 1. The van der Waals surface area contributed by atoms with Crippen molar-refractivity contribution in [2.75, 3.05) is 6.61 Å². The van der Waals surface area contributed by atoms with Crippen LogP contribution < -0.4 is 4.74 Å². The van der Waals surface area contributed by atoms with E-state index in [-0.39, 0.29) is 18.1 Å². The predicted octanol–water partition coefficient (Wildman–Crippen LogP) is 1.78. The van der Waals surface area contributed by atoms with Gasteiger partial charge in [-0.2, -0.15) is 13.2 Å². The smallest absolute Gasteiger partial charge is 0.422 e. The van der Waals surface area contributed by atoms with Crippen LogP contribution in [0.15, 0.2) is 18.3 Å². The number of carbonyl (C=O) groups excluding carboxylic acids is 1. The van der Waals surface area contributed by atoms with Gasteiger partial charge in [-0.05, 0) is 22.9 Å². The molecule has 8 nitrogen and oxygen atoms in total. The zero-order chi connectivity index (χ0) is 17.6. The number of ether oxygens (including phenoxy) is 2. The van der Waals surface area contributed by atoms with Gasteiger partial charge in [-0.1, -0.05) is 6.92 Å². The molecule has 0 bridgehead atoms. The van der Waals surface area contributed by atoms with Gasteiger partial charge in [0.1, 0.15) is 0 Å². The number of carbonyl (C=O) groups is 1. The van der Waals surface area contributed by atoms with E-state index in [9.17, 15) is 18.0 Å². The predicted molar refractivity (Wildman–Crippen MR) is 73.0 cm³/mol. The van der Waals surface area contributed by atoms with E-state index in [1.165, 1.54) is 10.7 Å². The molecule has 11 heteroatoms. The van der Waals surface area contributed by atoms with Crippen LogP contribution in [0.5, 0.6) is 5.88 Å². The number of alkyl halides is 3. The van der Waals surface area contributed by atoms with Crippen LogP contribution in [0.1, 0.15) is 29.5 Å². The Hall–Kier alpha value is -2.72. The molecule has 2 heterocycles. The molecule has 0 atom stereocenters. The molecule has 0 saturated carbocycles. The Morgan fingerprint density at radius 2 is 2.12 bits per heavy atom. The SMILES string of the molecule is CCCn1nnnc1COC(=O)c1ccc(OCC(F)(F)F)nc1. The lowest BCUT2D eigenvalue weighted by molar-refractivity contribution is -0.154. The summed E-state index contributed by atoms with van der Waals surface area (Å²) in [7, 11) is 0. The average Bonchev–Trinajstić information content (AvgIpc) is 2.98. The topological polar surface area (TPSA) is 92.0 Å². The van der Waals surface area contributed by atoms with Crippen molar-refractivity contribution in [2.45, 2.75) is 32.7 Å². The fourth-order valence-electron chi connectivity index (χ4n) is 1.67. The van der Waals surface area contributed by atoms with E-state index in [1.807, 2.05) is 6.92 Å². The van der Waals surface area contributed by atoms with Crippen LogP contribution in [0, 0.1) is 0 Å². The second kappa shape index (κ2) is 7.70. The fourth-order valence-corrected chi connectivity index (χ4v) is 1.67. The molecule has 0 radical (unpaired) electrons. The Labute approximate surface area is 134 Å². The van der Waals surface area contributed by atoms with Crippen LogP contribution in [0.25, 0.3) is 0 Å². The van der Waals surface area contributed by atoms with E-state index < -0.39 is 18.8 Å². The highest BCUT2D eigenvalue weighted by Crippen LogP contribution is 2.17. The monoisotopic (exact) mass is 345 g/mol. The van der Waals surface area contributed by atoms with Gasteiger partial charge in [0.15, 0.2) is 19.0 Å². The number of aromatic nitrogens is 5. The Morgan fingerprint density at radius 1 is 1.33 bits per heavy atom. The van der Waals surface area contributed by atoms with E-state index in [0.717, 1.165) is 18.7 Å². The normalized spacial score (nSPS) is 11.3. The Kier molecular flexibility index (Phi) is 5.66. The number of aryl methyl sites for hydroxylation is 1. The summed E-state index contributed by atoms with van der Waals surface area (Å²) in [4.78, 5) is 15.5. The van der Waals surface area contributed by atoms with Gasteiger partial charge in [0, 0.05) is 18.8 Å². The van der Waals surface area contributed by atoms with Gasteiger partial charge in [0.2, 0.25) is 5.88 Å². The average molecular weight is 345 g/mol. The standard InChI is InChI=1S/C13H14F3N5O3/c1-2-5-21-10(18-19-20-21)7-23-12(22)9-3-4-11(17-6-9)24-8-13(14,15)16/h3-4,6H,2,5,7-8H2,1H3. The van der Waals surface area contributed by atoms with Crippen molar-refractivity contribution < 1.29 is 27.4 Å². The third-order valence-electron chi connectivity index (χ3n) is 2.73. The summed E-state index contributed by atoms with van der Waals surface area (Å²) in [5.74, 6) is -0.546. The lowest BCUT2D eigenvalue weighted by atomic mass is 10.3. The molecule has 2 aromatic rings. The summed E-state index contributed by atoms with van der Waals surface area (Å²) in [6.07, 6.45) is -2.57. The molecule has 0 aliphatic rings. The van der Waals surface area contributed by atoms with Crippen molar-refractivity contribution in [1.29, 1.82) is 0 Å². The molecule has 0 unspecified atom stereocenters. The molecule has 0 spiro atoms. The van der Waals surface area contributed by atoms with Crippen LogP contribution in [0.2, 0.25) is 0 Å². The minimum absolute atomic E-state index is 0.0730. The maximum Gasteiger partial charge on any atom is 0.422 e. The van der Waals surface area contributed by atoms with Crippen molar-refractivity contribution in [1.82, 2.24) is 25.2 Å². The molecule has 0 fully saturated rings. The zero-order valence-corrected chi connectivity index (χ0v) is 12.7. The highest BCUT2D eigenvalue weighted by Gasteiger charge is 2.28. The van der Waals surface area contributed by atoms with Crippen LogP contribution in [-0.2, 0) is 17.9 Å². The minimum atomic E-state index is -4.46. The van der Waals surface area contributed by atoms with Gasteiger partial charge in [-0.25, -0.2) is 14.5 Å². The Balaban J connectivity index is 1.89. The number of rotatable bonds is 7. The van der Waals surface area contributed by atoms with Gasteiger partial charge in [-0.3, -0.25) is 0 Å². The molecule has 2 aromatic heterocycles. The first-order chi connectivity index (χ1) is 11.4. The third kappa shape index (κ3) is 5.18. The summed E-state index contributed by atoms with van der Waals surface area (Å²) in [5, 5.41) is 11.0. The molecular weight excluding hydrogens is 331 g/mol. The highest BCUT2D eigenvalue weighted by molar-refractivity contribution is 5.88. The largest absolute Gasteiger partial charge is 0.468 e. The second-order valence-electron chi connectivity index (χ2n) is 4.68. The van der Waals surface area contributed by atoms with Gasteiger partial charge in [0.25, 0.3) is 0 Å². The van der Waals surface area contributed by atoms with Gasteiger partial charge >= 0.3 is 12.1 Å². The number of halogens is 3. The Morgan fingerprint density at radius 3 is 2.75 bits per heavy atom. The van der Waals surface area contributed by atoms with Gasteiger partial charge < -0.3 is 9.47 Å². The maximum atomic E-state index is 12.0. The molecule has 0 aliphatic heterocycles. The van der Waals surface area contributed by atoms with Gasteiger partial charge in [-0.15, -0.1) is 5.10 Å². The van der Waals surface area contributed by atoms with Crippen molar-refractivity contribution in [3.05, 3.63) is 29.7 Å². The van der Waals surface area contributed by atoms with E-state index in [2.05, 4.69) is 25.2 Å². The lowest BCUT2D eigenvalue weighted by Crippen LogP contribution is -2.19. The fraction of sp³-hybridized carbons (Fsp3) is 0.462. The number of pyridine rings is 1. The first-order valence-electron chi connectivity index (χ1n) is 6.97. The van der Waals surface area contributed by atoms with Crippen LogP contribution in [0.4, 0.5) is 13.2 Å². The van der Waals surface area contributed by atoms with Crippen molar-refractivity contribution >= 4 is 5.97 Å². The minimum Gasteiger partial charge on any atom is -0.468 e. The summed E-state index contributed by atoms with van der Waals surface area (Å²) >= 11 is 0. The summed E-state index contributed by atoms with van der Waals surface area (Å²) < 4.78 is 47.1. The van der Waals surface area contributed by atoms with Crippen LogP contribution in [-0.4, -0.2) is 43.9 Å². The second-order valence-corrected chi connectivity index (χ2v) is 4.68. The molecule has 2 rings (SSSR count). The number of nitrogens with zero attached hydrogens (tertiary/aromatic N) is 5. The van der Waals surface area contributed by atoms with E-state index in [1.54, 1.807) is 0 Å². The van der Waals surface area contributed by atoms with Crippen molar-refractivity contribution in [2.24, 2.45) is 0 Å².